The Balaban J connectivity index is 1.27. The molecule has 0 radical (unpaired) electrons. The Morgan fingerprint density at radius 2 is 2.00 bits per heavy atom. The van der Waals surface area contributed by atoms with Crippen molar-refractivity contribution >= 4 is 16.9 Å². The summed E-state index contributed by atoms with van der Waals surface area (Å²) in [4.78, 5) is 15.4. The van der Waals surface area contributed by atoms with Crippen LogP contribution in [0.25, 0.3) is 10.9 Å². The highest BCUT2D eigenvalue weighted by Crippen LogP contribution is 2.23. The molecule has 1 aliphatic rings. The monoisotopic (exact) mass is 335 g/mol. The van der Waals surface area contributed by atoms with Crippen LogP contribution < -0.4 is 15.4 Å². The number of hydrogen-bond acceptors (Lipinski definition) is 2. The van der Waals surface area contributed by atoms with E-state index in [0.717, 1.165) is 29.7 Å². The van der Waals surface area contributed by atoms with Crippen molar-refractivity contribution in [2.24, 2.45) is 0 Å². The lowest BCUT2D eigenvalue weighted by atomic mass is 10.0. The highest BCUT2D eigenvalue weighted by atomic mass is 16.5. The molecule has 2 aromatic carbocycles. The molecule has 3 aromatic rings. The third-order valence-electron chi connectivity index (χ3n) is 4.57. The molecule has 1 aromatic heterocycles. The molecule has 0 saturated heterocycles. The summed E-state index contributed by atoms with van der Waals surface area (Å²) in [7, 11) is 0. The quantitative estimate of drug-likeness (QED) is 0.686. The van der Waals surface area contributed by atoms with Gasteiger partial charge in [0.2, 0.25) is 0 Å². The van der Waals surface area contributed by atoms with Crippen LogP contribution in [0.15, 0.2) is 54.7 Å². The zero-order chi connectivity index (χ0) is 17.1. The maximum Gasteiger partial charge on any atom is 0.315 e. The number of benzene rings is 2. The van der Waals surface area contributed by atoms with Crippen LogP contribution in [0.1, 0.15) is 11.1 Å². The van der Waals surface area contributed by atoms with Gasteiger partial charge in [0.15, 0.2) is 0 Å². The number of amides is 2. The van der Waals surface area contributed by atoms with Gasteiger partial charge in [-0.15, -0.1) is 0 Å². The highest BCUT2D eigenvalue weighted by Gasteiger charge is 2.20. The molecule has 1 atom stereocenters. The van der Waals surface area contributed by atoms with Crippen LogP contribution >= 0.6 is 0 Å². The second kappa shape index (κ2) is 6.89. The molecule has 0 saturated carbocycles. The lowest BCUT2D eigenvalue weighted by molar-refractivity contribution is 0.214. The molecule has 4 rings (SSSR count). The number of hydrogen-bond donors (Lipinski definition) is 3. The smallest absolute Gasteiger partial charge is 0.315 e. The third-order valence-corrected chi connectivity index (χ3v) is 4.57. The lowest BCUT2D eigenvalue weighted by Crippen LogP contribution is -2.47. The predicted molar refractivity (Wildman–Crippen MR) is 98.0 cm³/mol. The summed E-state index contributed by atoms with van der Waals surface area (Å²) < 4.78 is 5.70. The maximum absolute atomic E-state index is 12.1. The molecule has 25 heavy (non-hydrogen) atoms. The molecule has 128 valence electrons. The molecule has 0 spiro atoms. The Morgan fingerprint density at radius 3 is 2.96 bits per heavy atom. The minimum atomic E-state index is -0.146. The van der Waals surface area contributed by atoms with E-state index in [1.165, 1.54) is 10.9 Å². The van der Waals surface area contributed by atoms with Gasteiger partial charge in [-0.2, -0.15) is 0 Å². The van der Waals surface area contributed by atoms with Gasteiger partial charge in [0, 0.05) is 23.6 Å². The van der Waals surface area contributed by atoms with E-state index in [1.54, 1.807) is 0 Å². The molecular weight excluding hydrogens is 314 g/mol. The molecule has 0 fully saturated rings. The normalized spacial score (nSPS) is 16.1. The second-order valence-corrected chi connectivity index (χ2v) is 6.33. The van der Waals surface area contributed by atoms with Crippen molar-refractivity contribution in [1.82, 2.24) is 15.6 Å². The molecule has 0 aliphatic carbocycles. The summed E-state index contributed by atoms with van der Waals surface area (Å²) in [6.07, 6.45) is 3.60. The zero-order valence-electron chi connectivity index (χ0n) is 13.9. The number of nitrogens with one attached hydrogen (secondary N) is 3. The van der Waals surface area contributed by atoms with Crippen LogP contribution in [0.2, 0.25) is 0 Å². The van der Waals surface area contributed by atoms with Crippen molar-refractivity contribution in [3.05, 3.63) is 65.9 Å². The maximum atomic E-state index is 12.1. The number of aromatic nitrogens is 1. The Labute approximate surface area is 146 Å². The van der Waals surface area contributed by atoms with Crippen molar-refractivity contribution in [3.63, 3.8) is 0 Å². The number of fused-ring (bicyclic) bond motifs is 2. The Kier molecular flexibility index (Phi) is 4.29. The predicted octanol–water partition coefficient (Wildman–Crippen LogP) is 3.01. The fraction of sp³-hybridized carbons (Fsp3) is 0.250. The number of H-pyrrole nitrogens is 1. The van der Waals surface area contributed by atoms with Crippen molar-refractivity contribution < 1.29 is 9.53 Å². The molecule has 5 nitrogen and oxygen atoms in total. The SMILES string of the molecule is O=C(NCCc1c[nH]c2ccccc12)N[C@@H]1COc2ccccc2C1. The average Bonchev–Trinajstić information content (AvgIpc) is 3.05. The first-order chi connectivity index (χ1) is 12.3. The van der Waals surface area contributed by atoms with Crippen molar-refractivity contribution in [2.45, 2.75) is 18.9 Å². The number of ether oxygens (including phenoxy) is 1. The highest BCUT2D eigenvalue weighted by molar-refractivity contribution is 5.83. The van der Waals surface area contributed by atoms with Gasteiger partial charge in [-0.1, -0.05) is 36.4 Å². The Bertz CT molecular complexity index is 887. The van der Waals surface area contributed by atoms with Gasteiger partial charge in [-0.3, -0.25) is 0 Å². The lowest BCUT2D eigenvalue weighted by Gasteiger charge is -2.26. The number of rotatable bonds is 4. The van der Waals surface area contributed by atoms with Gasteiger partial charge in [0.05, 0.1) is 6.04 Å². The third kappa shape index (κ3) is 3.45. The number of para-hydroxylation sites is 2. The zero-order valence-corrected chi connectivity index (χ0v) is 13.9. The van der Waals surface area contributed by atoms with Gasteiger partial charge in [-0.25, -0.2) is 4.79 Å². The molecule has 2 amide bonds. The average molecular weight is 335 g/mol. The van der Waals surface area contributed by atoms with Crippen molar-refractivity contribution in [3.8, 4) is 5.75 Å². The van der Waals surface area contributed by atoms with Gasteiger partial charge in [0.1, 0.15) is 12.4 Å². The first-order valence-corrected chi connectivity index (χ1v) is 8.59. The van der Waals surface area contributed by atoms with Crippen molar-refractivity contribution in [2.75, 3.05) is 13.2 Å². The molecule has 3 N–H and O–H groups in total. The van der Waals surface area contributed by atoms with Crippen LogP contribution in [0.4, 0.5) is 4.79 Å². The van der Waals surface area contributed by atoms with Gasteiger partial charge < -0.3 is 20.4 Å². The van der Waals surface area contributed by atoms with E-state index in [4.69, 9.17) is 4.74 Å². The summed E-state index contributed by atoms with van der Waals surface area (Å²) in [5.41, 5.74) is 3.48. The van der Waals surface area contributed by atoms with E-state index in [-0.39, 0.29) is 12.1 Å². The standard InChI is InChI=1S/C20H21N3O2/c24-20(23-16-11-14-5-1-4-8-19(14)25-13-16)21-10-9-15-12-22-18-7-3-2-6-17(15)18/h1-8,12,16,22H,9-11,13H2,(H2,21,23,24)/t16-/m0/s1. The number of carbonyl (C=O) groups is 1. The summed E-state index contributed by atoms with van der Waals surface area (Å²) in [5, 5.41) is 7.14. The van der Waals surface area contributed by atoms with Crippen LogP contribution in [0.3, 0.4) is 0 Å². The van der Waals surface area contributed by atoms with E-state index in [1.807, 2.05) is 42.6 Å². The number of urea groups is 1. The van der Waals surface area contributed by atoms with Gasteiger partial charge in [0.25, 0.3) is 0 Å². The first-order valence-electron chi connectivity index (χ1n) is 8.59. The molecule has 5 heteroatoms. The summed E-state index contributed by atoms with van der Waals surface area (Å²) >= 11 is 0. The van der Waals surface area contributed by atoms with Crippen molar-refractivity contribution in [1.29, 1.82) is 0 Å². The van der Waals surface area contributed by atoms with Crippen LogP contribution in [0, 0.1) is 0 Å². The summed E-state index contributed by atoms with van der Waals surface area (Å²) in [5.74, 6) is 0.917. The fourth-order valence-electron chi connectivity index (χ4n) is 3.31. The van der Waals surface area contributed by atoms with E-state index in [9.17, 15) is 4.79 Å². The van der Waals surface area contributed by atoms with Gasteiger partial charge >= 0.3 is 6.03 Å². The van der Waals surface area contributed by atoms with E-state index >= 15 is 0 Å². The van der Waals surface area contributed by atoms with E-state index < -0.39 is 0 Å². The minimum Gasteiger partial charge on any atom is -0.491 e. The Morgan fingerprint density at radius 1 is 1.16 bits per heavy atom. The number of aromatic amines is 1. The second-order valence-electron chi connectivity index (χ2n) is 6.33. The topological polar surface area (TPSA) is 66.2 Å². The molecule has 2 heterocycles. The van der Waals surface area contributed by atoms with Gasteiger partial charge in [-0.05, 0) is 36.1 Å². The van der Waals surface area contributed by atoms with Crippen LogP contribution in [-0.2, 0) is 12.8 Å². The van der Waals surface area contributed by atoms with E-state index in [0.29, 0.717) is 13.2 Å². The first kappa shape index (κ1) is 15.6. The minimum absolute atomic E-state index is 0.00277. The van der Waals surface area contributed by atoms with E-state index in [2.05, 4.69) is 27.8 Å². The number of carbonyl (C=O) groups excluding carboxylic acids is 1. The van der Waals surface area contributed by atoms with Crippen LogP contribution in [-0.4, -0.2) is 30.2 Å². The molecule has 1 aliphatic heterocycles. The molecule has 0 bridgehead atoms. The molecular formula is C20H21N3O2. The largest absolute Gasteiger partial charge is 0.491 e. The molecule has 0 unspecified atom stereocenters. The summed E-state index contributed by atoms with van der Waals surface area (Å²) in [6, 6.07) is 16.0. The fourth-order valence-corrected chi connectivity index (χ4v) is 3.31. The van der Waals surface area contributed by atoms with Crippen LogP contribution in [0.5, 0.6) is 5.75 Å². The summed E-state index contributed by atoms with van der Waals surface area (Å²) in [6.45, 7) is 1.10. The Hall–Kier alpha value is -2.95.